The average molecular weight is 734 g/mol. The van der Waals surface area contributed by atoms with Gasteiger partial charge in [0.15, 0.2) is 5.44 Å². The lowest BCUT2D eigenvalue weighted by Crippen LogP contribution is -2.51. The van der Waals surface area contributed by atoms with Crippen LogP contribution in [0, 0.1) is 18.8 Å². The van der Waals surface area contributed by atoms with Crippen LogP contribution in [0.2, 0.25) is 0 Å². The Kier molecular flexibility index (Phi) is 13.5. The molecular weight excluding hydrogens is 683 g/mol. The number of morpholine rings is 1. The number of fused-ring (bicyclic) bond motifs is 1. The lowest BCUT2D eigenvalue weighted by atomic mass is 9.85. The summed E-state index contributed by atoms with van der Waals surface area (Å²) in [4.78, 5) is 4.69. The summed E-state index contributed by atoms with van der Waals surface area (Å²) in [7, 11) is -0.703. The Morgan fingerprint density at radius 1 is 0.923 bits per heavy atom. The van der Waals surface area contributed by atoms with E-state index in [1.807, 2.05) is 61.5 Å². The van der Waals surface area contributed by atoms with Gasteiger partial charge in [-0.1, -0.05) is 47.7 Å². The summed E-state index contributed by atoms with van der Waals surface area (Å²) in [6.07, 6.45) is -0.0672. The number of nitrogens with zero attached hydrogens (tertiary/aromatic N) is 2. The number of rotatable bonds is 14. The summed E-state index contributed by atoms with van der Waals surface area (Å²) in [5.74, 6) is 7.59. The molecule has 280 valence electrons. The van der Waals surface area contributed by atoms with Crippen molar-refractivity contribution in [2.24, 2.45) is 0 Å². The molecule has 0 radical (unpaired) electrons. The third kappa shape index (κ3) is 9.46. The summed E-state index contributed by atoms with van der Waals surface area (Å²) >= 11 is 0. The predicted octanol–water partition coefficient (Wildman–Crippen LogP) is 4.20. The van der Waals surface area contributed by atoms with Crippen LogP contribution in [0.15, 0.2) is 71.6 Å². The van der Waals surface area contributed by atoms with E-state index < -0.39 is 21.4 Å². The van der Waals surface area contributed by atoms with Gasteiger partial charge in [-0.15, -0.1) is 0 Å². The van der Waals surface area contributed by atoms with Gasteiger partial charge >= 0.3 is 0 Å². The maximum atomic E-state index is 14.7. The van der Waals surface area contributed by atoms with Crippen molar-refractivity contribution in [3.05, 3.63) is 83.4 Å². The highest BCUT2D eigenvalue weighted by Gasteiger charge is 2.41. The summed E-state index contributed by atoms with van der Waals surface area (Å²) < 4.78 is 64.9. The van der Waals surface area contributed by atoms with Gasteiger partial charge in [-0.25, -0.2) is 8.42 Å². The molecule has 0 bridgehead atoms. The number of sulfone groups is 1. The molecule has 1 unspecified atom stereocenters. The van der Waals surface area contributed by atoms with Gasteiger partial charge in [-0.05, 0) is 60.9 Å². The molecule has 6 rings (SSSR count). The van der Waals surface area contributed by atoms with E-state index in [1.165, 1.54) is 0 Å². The van der Waals surface area contributed by atoms with Gasteiger partial charge in [0.2, 0.25) is 9.84 Å². The smallest absolute Gasteiger partial charge is 0.209 e. The number of ether oxygens (including phenoxy) is 6. The highest BCUT2D eigenvalue weighted by atomic mass is 32.2. The zero-order chi connectivity index (χ0) is 36.3. The van der Waals surface area contributed by atoms with E-state index in [0.29, 0.717) is 45.0 Å². The van der Waals surface area contributed by atoms with Gasteiger partial charge in [0.05, 0.1) is 56.2 Å². The van der Waals surface area contributed by atoms with E-state index in [1.54, 1.807) is 26.4 Å². The molecule has 0 spiro atoms. The molecule has 1 N–H and O–H groups in total. The van der Waals surface area contributed by atoms with Crippen LogP contribution >= 0.6 is 0 Å². The first-order chi connectivity index (χ1) is 25.4. The third-order valence-electron chi connectivity index (χ3n) is 9.81. The Bertz CT molecular complexity index is 1750. The van der Waals surface area contributed by atoms with E-state index in [2.05, 4.69) is 27.0 Å². The van der Waals surface area contributed by atoms with Crippen molar-refractivity contribution in [2.45, 2.75) is 41.8 Å². The minimum atomic E-state index is -4.03. The monoisotopic (exact) mass is 733 g/mol. The SMILES string of the molecule is COCCCN1CCOc2ccc(C(O[C@H]3CNC[C@@H](OCC#CCN4CCOCC4)[C@H]3c3ccc(OC)cc3)S(=O)(=O)c3ccc(C)cc3)cc21. The molecule has 3 heterocycles. The second kappa shape index (κ2) is 18.4. The van der Waals surface area contributed by atoms with Crippen molar-refractivity contribution in [2.75, 3.05) is 98.0 Å². The normalized spacial score (nSPS) is 21.4. The Morgan fingerprint density at radius 3 is 2.44 bits per heavy atom. The fourth-order valence-corrected chi connectivity index (χ4v) is 8.50. The van der Waals surface area contributed by atoms with Crippen molar-refractivity contribution in [1.29, 1.82) is 0 Å². The number of benzene rings is 3. The maximum absolute atomic E-state index is 14.7. The number of nitrogens with one attached hydrogen (secondary N) is 1. The molecule has 3 aliphatic heterocycles. The van der Waals surface area contributed by atoms with Crippen LogP contribution in [0.1, 0.15) is 34.5 Å². The van der Waals surface area contributed by atoms with E-state index in [0.717, 1.165) is 67.6 Å². The number of aryl methyl sites for hydroxylation is 1. The molecule has 3 aliphatic rings. The fourth-order valence-electron chi connectivity index (χ4n) is 6.95. The van der Waals surface area contributed by atoms with E-state index in [9.17, 15) is 8.42 Å². The molecule has 0 aliphatic carbocycles. The van der Waals surface area contributed by atoms with E-state index >= 15 is 0 Å². The first-order valence-electron chi connectivity index (χ1n) is 18.1. The minimum Gasteiger partial charge on any atom is -0.497 e. The quantitative estimate of drug-likeness (QED) is 0.190. The van der Waals surface area contributed by atoms with Gasteiger partial charge in [0, 0.05) is 52.4 Å². The number of piperidine rings is 1. The summed E-state index contributed by atoms with van der Waals surface area (Å²) in [6.45, 7) is 9.65. The molecule has 52 heavy (non-hydrogen) atoms. The van der Waals surface area contributed by atoms with Crippen LogP contribution in [0.3, 0.4) is 0 Å². The standard InChI is InChI=1S/C40H51N3O8S/c1-30-7-14-34(15-8-30)52(44,45)40(32-11-16-36-35(27-32)43(21-26-50-36)18-6-22-46-2)51-38-29-41-28-37(39(38)31-9-12-33(47-3)13-10-31)49-23-5-4-17-42-19-24-48-25-20-42/h7-16,27,37-41H,6,17-26,28-29H2,1-3H3/t37-,38+,39-,40?/m1/s1. The summed E-state index contributed by atoms with van der Waals surface area (Å²) in [5.41, 5.74) is 2.01. The molecule has 0 amide bonds. The second-order valence-electron chi connectivity index (χ2n) is 13.3. The zero-order valence-corrected chi connectivity index (χ0v) is 31.2. The van der Waals surface area contributed by atoms with E-state index in [4.69, 9.17) is 28.4 Å². The fraction of sp³-hybridized carbons (Fsp3) is 0.500. The molecule has 3 aromatic carbocycles. The molecular formula is C40H51N3O8S. The van der Waals surface area contributed by atoms with Gasteiger partial charge in [-0.2, -0.15) is 0 Å². The Morgan fingerprint density at radius 2 is 1.69 bits per heavy atom. The molecule has 2 saturated heterocycles. The highest BCUT2D eigenvalue weighted by Crippen LogP contribution is 2.41. The van der Waals surface area contributed by atoms with Crippen LogP contribution in [0.25, 0.3) is 0 Å². The van der Waals surface area contributed by atoms with Crippen LogP contribution < -0.4 is 19.7 Å². The molecule has 3 aromatic rings. The van der Waals surface area contributed by atoms with Gasteiger partial charge in [0.25, 0.3) is 0 Å². The third-order valence-corrected chi connectivity index (χ3v) is 11.7. The van der Waals surface area contributed by atoms with Crippen molar-refractivity contribution in [3.63, 3.8) is 0 Å². The van der Waals surface area contributed by atoms with Crippen molar-refractivity contribution in [1.82, 2.24) is 10.2 Å². The van der Waals surface area contributed by atoms with Crippen molar-refractivity contribution >= 4 is 15.5 Å². The maximum Gasteiger partial charge on any atom is 0.209 e. The predicted molar refractivity (Wildman–Crippen MR) is 200 cm³/mol. The first-order valence-corrected chi connectivity index (χ1v) is 19.6. The summed E-state index contributed by atoms with van der Waals surface area (Å²) in [6, 6.07) is 20.3. The molecule has 11 nitrogen and oxygen atoms in total. The lowest BCUT2D eigenvalue weighted by molar-refractivity contribution is -0.0576. The lowest BCUT2D eigenvalue weighted by Gasteiger charge is -2.40. The molecule has 12 heteroatoms. The number of hydrogen-bond acceptors (Lipinski definition) is 11. The van der Waals surface area contributed by atoms with Crippen LogP contribution in [0.4, 0.5) is 5.69 Å². The first kappa shape index (κ1) is 38.1. The number of anilines is 1. The Labute approximate surface area is 308 Å². The van der Waals surface area contributed by atoms with Crippen molar-refractivity contribution in [3.8, 4) is 23.3 Å². The topological polar surface area (TPSA) is 108 Å². The largest absolute Gasteiger partial charge is 0.497 e. The van der Waals surface area contributed by atoms with Crippen LogP contribution in [0.5, 0.6) is 11.5 Å². The molecule has 4 atom stereocenters. The average Bonchev–Trinajstić information content (AvgIpc) is 3.17. The summed E-state index contributed by atoms with van der Waals surface area (Å²) in [5, 5.41) is 3.46. The second-order valence-corrected chi connectivity index (χ2v) is 15.3. The van der Waals surface area contributed by atoms with Gasteiger partial charge < -0.3 is 38.6 Å². The van der Waals surface area contributed by atoms with Gasteiger partial charge in [-0.3, -0.25) is 4.90 Å². The highest BCUT2D eigenvalue weighted by molar-refractivity contribution is 7.91. The Hall–Kier alpha value is -3.67. The molecule has 0 saturated carbocycles. The van der Waals surface area contributed by atoms with Crippen LogP contribution in [-0.4, -0.2) is 119 Å². The molecule has 0 aromatic heterocycles. The van der Waals surface area contributed by atoms with Gasteiger partial charge in [0.1, 0.15) is 24.7 Å². The van der Waals surface area contributed by atoms with E-state index in [-0.39, 0.29) is 23.5 Å². The van der Waals surface area contributed by atoms with Crippen LogP contribution in [-0.2, 0) is 28.8 Å². The van der Waals surface area contributed by atoms with Crippen molar-refractivity contribution < 1.29 is 36.8 Å². The number of methoxy groups -OCH3 is 2. The molecule has 2 fully saturated rings. The minimum absolute atomic E-state index is 0.196. The zero-order valence-electron chi connectivity index (χ0n) is 30.4. The Balaban J connectivity index is 1.32. The number of hydrogen-bond donors (Lipinski definition) is 1.